The van der Waals surface area contributed by atoms with E-state index in [0.717, 1.165) is 28.6 Å². The Labute approximate surface area is 149 Å². The first kappa shape index (κ1) is 19.0. The zero-order valence-corrected chi connectivity index (χ0v) is 15.9. The summed E-state index contributed by atoms with van der Waals surface area (Å²) in [6, 6.07) is 12.9. The molecule has 0 aromatic heterocycles. The Hall–Kier alpha value is -2.34. The maximum atomic E-state index is 12.2. The van der Waals surface area contributed by atoms with Gasteiger partial charge in [-0.15, -0.1) is 0 Å². The number of carbonyl (C=O) groups is 1. The van der Waals surface area contributed by atoms with Crippen molar-refractivity contribution in [2.45, 2.75) is 27.2 Å². The van der Waals surface area contributed by atoms with Crippen LogP contribution < -0.4 is 9.62 Å². The number of rotatable bonds is 6. The van der Waals surface area contributed by atoms with E-state index in [2.05, 4.69) is 5.32 Å². The normalized spacial score (nSPS) is 11.2. The quantitative estimate of drug-likeness (QED) is 0.858. The molecule has 1 N–H and O–H groups in total. The highest BCUT2D eigenvalue weighted by Crippen LogP contribution is 2.22. The van der Waals surface area contributed by atoms with Crippen LogP contribution in [0, 0.1) is 20.8 Å². The number of anilines is 2. The molecule has 2 aromatic carbocycles. The minimum Gasteiger partial charge on any atom is -0.326 e. The lowest BCUT2D eigenvalue weighted by atomic mass is 10.1. The molecule has 0 bridgehead atoms. The van der Waals surface area contributed by atoms with Crippen LogP contribution >= 0.6 is 0 Å². The van der Waals surface area contributed by atoms with E-state index in [0.29, 0.717) is 5.69 Å². The number of para-hydroxylation sites is 1. The highest BCUT2D eigenvalue weighted by atomic mass is 32.2. The number of amides is 1. The first-order valence-electron chi connectivity index (χ1n) is 8.09. The Bertz CT molecular complexity index is 876. The number of nitrogens with zero attached hydrogens (tertiary/aromatic N) is 1. The SMILES string of the molecule is Cc1ccc(NC(=O)CCN(c2ccccc2C)S(C)(=O)=O)cc1C. The number of nitrogens with one attached hydrogen (secondary N) is 1. The molecule has 0 unspecified atom stereocenters. The van der Waals surface area contributed by atoms with E-state index >= 15 is 0 Å². The average molecular weight is 360 g/mol. The molecule has 2 aromatic rings. The molecule has 25 heavy (non-hydrogen) atoms. The smallest absolute Gasteiger partial charge is 0.232 e. The zero-order valence-electron chi connectivity index (χ0n) is 15.0. The second-order valence-corrected chi connectivity index (χ2v) is 8.13. The molecule has 0 atom stereocenters. The molecule has 0 radical (unpaired) electrons. The van der Waals surface area contributed by atoms with E-state index in [1.54, 1.807) is 12.1 Å². The van der Waals surface area contributed by atoms with Gasteiger partial charge < -0.3 is 5.32 Å². The molecule has 1 amide bonds. The van der Waals surface area contributed by atoms with Gasteiger partial charge in [0.05, 0.1) is 11.9 Å². The third-order valence-electron chi connectivity index (χ3n) is 4.12. The van der Waals surface area contributed by atoms with Crippen LogP contribution in [0.4, 0.5) is 11.4 Å². The summed E-state index contributed by atoms with van der Waals surface area (Å²) in [6.07, 6.45) is 1.23. The molecule has 6 heteroatoms. The first-order chi connectivity index (χ1) is 11.7. The second kappa shape index (κ2) is 7.70. The summed E-state index contributed by atoms with van der Waals surface area (Å²) in [4.78, 5) is 12.2. The third kappa shape index (κ3) is 5.06. The Morgan fingerprint density at radius 2 is 1.68 bits per heavy atom. The fourth-order valence-corrected chi connectivity index (χ4v) is 3.54. The predicted octanol–water partition coefficient (Wildman–Crippen LogP) is 3.41. The van der Waals surface area contributed by atoms with Crippen molar-refractivity contribution in [2.24, 2.45) is 0 Å². The summed E-state index contributed by atoms with van der Waals surface area (Å²) in [6.45, 7) is 5.94. The van der Waals surface area contributed by atoms with Crippen LogP contribution in [0.5, 0.6) is 0 Å². The molecule has 0 aliphatic heterocycles. The number of hydrogen-bond donors (Lipinski definition) is 1. The molecule has 0 aliphatic rings. The standard InChI is InChI=1S/C19H24N2O3S/c1-14-9-10-17(13-16(14)3)20-19(22)11-12-21(25(4,23)24)18-8-6-5-7-15(18)2/h5-10,13H,11-12H2,1-4H3,(H,20,22). The van der Waals surface area contributed by atoms with E-state index < -0.39 is 10.0 Å². The summed E-state index contributed by atoms with van der Waals surface area (Å²) >= 11 is 0. The van der Waals surface area contributed by atoms with Gasteiger partial charge in [0, 0.05) is 18.7 Å². The zero-order chi connectivity index (χ0) is 18.6. The fourth-order valence-electron chi connectivity index (χ4n) is 2.55. The highest BCUT2D eigenvalue weighted by molar-refractivity contribution is 7.92. The number of sulfonamides is 1. The van der Waals surface area contributed by atoms with Gasteiger partial charge in [-0.05, 0) is 55.7 Å². The van der Waals surface area contributed by atoms with Gasteiger partial charge in [-0.25, -0.2) is 8.42 Å². The summed E-state index contributed by atoms with van der Waals surface area (Å²) in [5.74, 6) is -0.217. The van der Waals surface area contributed by atoms with Gasteiger partial charge in [0.1, 0.15) is 0 Å². The van der Waals surface area contributed by atoms with Crippen LogP contribution in [0.3, 0.4) is 0 Å². The molecule has 0 heterocycles. The van der Waals surface area contributed by atoms with Crippen LogP contribution in [0.2, 0.25) is 0 Å². The van der Waals surface area contributed by atoms with Crippen LogP contribution in [0.15, 0.2) is 42.5 Å². The number of benzene rings is 2. The second-order valence-electron chi connectivity index (χ2n) is 6.22. The third-order valence-corrected chi connectivity index (χ3v) is 5.30. The van der Waals surface area contributed by atoms with Crippen LogP contribution in [0.25, 0.3) is 0 Å². The maximum absolute atomic E-state index is 12.2. The van der Waals surface area contributed by atoms with Crippen LogP contribution in [-0.2, 0) is 14.8 Å². The Kier molecular flexibility index (Phi) is 5.85. The summed E-state index contributed by atoms with van der Waals surface area (Å²) in [7, 11) is -3.47. The lowest BCUT2D eigenvalue weighted by Gasteiger charge is -2.23. The first-order valence-corrected chi connectivity index (χ1v) is 9.94. The van der Waals surface area contributed by atoms with E-state index in [1.807, 2.05) is 51.1 Å². The van der Waals surface area contributed by atoms with Gasteiger partial charge in [-0.1, -0.05) is 24.3 Å². The van der Waals surface area contributed by atoms with Crippen LogP contribution in [-0.4, -0.2) is 27.1 Å². The van der Waals surface area contributed by atoms with Crippen molar-refractivity contribution in [1.82, 2.24) is 0 Å². The highest BCUT2D eigenvalue weighted by Gasteiger charge is 2.20. The fraction of sp³-hybridized carbons (Fsp3) is 0.316. The molecule has 0 fully saturated rings. The molecule has 0 spiro atoms. The Morgan fingerprint density at radius 3 is 2.28 bits per heavy atom. The van der Waals surface area contributed by atoms with Crippen molar-refractivity contribution in [3.63, 3.8) is 0 Å². The van der Waals surface area contributed by atoms with Crippen LogP contribution in [0.1, 0.15) is 23.1 Å². The molecule has 5 nitrogen and oxygen atoms in total. The number of carbonyl (C=O) groups excluding carboxylic acids is 1. The van der Waals surface area contributed by atoms with Crippen molar-refractivity contribution in [3.05, 3.63) is 59.2 Å². The van der Waals surface area contributed by atoms with Gasteiger partial charge >= 0.3 is 0 Å². The largest absolute Gasteiger partial charge is 0.326 e. The minimum absolute atomic E-state index is 0.0777. The van der Waals surface area contributed by atoms with Crippen molar-refractivity contribution >= 4 is 27.3 Å². The average Bonchev–Trinajstić information content (AvgIpc) is 2.51. The number of aryl methyl sites for hydroxylation is 3. The summed E-state index contributed by atoms with van der Waals surface area (Å²) < 4.78 is 25.5. The summed E-state index contributed by atoms with van der Waals surface area (Å²) in [5.41, 5.74) is 4.41. The molecular weight excluding hydrogens is 336 g/mol. The molecule has 134 valence electrons. The molecule has 0 saturated heterocycles. The molecule has 0 saturated carbocycles. The number of hydrogen-bond acceptors (Lipinski definition) is 3. The molecular formula is C19H24N2O3S. The van der Waals surface area contributed by atoms with E-state index in [1.165, 1.54) is 4.31 Å². The monoisotopic (exact) mass is 360 g/mol. The lowest BCUT2D eigenvalue weighted by Crippen LogP contribution is -2.33. The van der Waals surface area contributed by atoms with Gasteiger partial charge in [-0.3, -0.25) is 9.10 Å². The maximum Gasteiger partial charge on any atom is 0.232 e. The van der Waals surface area contributed by atoms with Gasteiger partial charge in [0.2, 0.25) is 15.9 Å². The Balaban J connectivity index is 2.09. The van der Waals surface area contributed by atoms with Crippen molar-refractivity contribution in [2.75, 3.05) is 22.4 Å². The molecule has 2 rings (SSSR count). The predicted molar refractivity (Wildman–Crippen MR) is 103 cm³/mol. The van der Waals surface area contributed by atoms with E-state index in [-0.39, 0.29) is 18.9 Å². The summed E-state index contributed by atoms with van der Waals surface area (Å²) in [5, 5.41) is 2.82. The molecule has 0 aliphatic carbocycles. The van der Waals surface area contributed by atoms with Crippen molar-refractivity contribution < 1.29 is 13.2 Å². The lowest BCUT2D eigenvalue weighted by molar-refractivity contribution is -0.116. The van der Waals surface area contributed by atoms with Gasteiger partial charge in [-0.2, -0.15) is 0 Å². The van der Waals surface area contributed by atoms with Gasteiger partial charge in [0.15, 0.2) is 0 Å². The van der Waals surface area contributed by atoms with Gasteiger partial charge in [0.25, 0.3) is 0 Å². The van der Waals surface area contributed by atoms with Crippen molar-refractivity contribution in [1.29, 1.82) is 0 Å². The Morgan fingerprint density at radius 1 is 1.00 bits per heavy atom. The minimum atomic E-state index is -3.47. The van der Waals surface area contributed by atoms with Crippen molar-refractivity contribution in [3.8, 4) is 0 Å². The van der Waals surface area contributed by atoms with E-state index in [9.17, 15) is 13.2 Å². The topological polar surface area (TPSA) is 66.5 Å². The van der Waals surface area contributed by atoms with E-state index in [4.69, 9.17) is 0 Å².